The quantitative estimate of drug-likeness (QED) is 0.864. The molecule has 2 aromatic carbocycles. The smallest absolute Gasteiger partial charge is 0.305 e. The second-order valence-electron chi connectivity index (χ2n) is 4.72. The Bertz CT molecular complexity index is 596. The summed E-state index contributed by atoms with van der Waals surface area (Å²) in [5.41, 5.74) is 2.91. The van der Waals surface area contributed by atoms with Crippen molar-refractivity contribution >= 4 is 23.3 Å². The van der Waals surface area contributed by atoms with Gasteiger partial charge in [0.15, 0.2) is 0 Å². The van der Waals surface area contributed by atoms with Gasteiger partial charge < -0.3 is 10.4 Å². The molecule has 104 valence electrons. The van der Waals surface area contributed by atoms with Crippen LogP contribution in [0.4, 0.5) is 5.69 Å². The monoisotopic (exact) mass is 289 g/mol. The first-order valence-electron chi connectivity index (χ1n) is 6.35. The summed E-state index contributed by atoms with van der Waals surface area (Å²) in [5, 5.41) is 12.9. The number of hydrogen-bond donors (Lipinski definition) is 2. The molecule has 0 radical (unpaired) electrons. The van der Waals surface area contributed by atoms with E-state index in [9.17, 15) is 4.79 Å². The van der Waals surface area contributed by atoms with E-state index in [0.717, 1.165) is 16.8 Å². The highest BCUT2D eigenvalue weighted by molar-refractivity contribution is 6.30. The van der Waals surface area contributed by atoms with Gasteiger partial charge in [0.25, 0.3) is 0 Å². The van der Waals surface area contributed by atoms with E-state index < -0.39 is 5.97 Å². The molecule has 0 saturated heterocycles. The van der Waals surface area contributed by atoms with Crippen molar-refractivity contribution in [2.24, 2.45) is 0 Å². The second-order valence-corrected chi connectivity index (χ2v) is 5.15. The van der Waals surface area contributed by atoms with E-state index in [1.54, 1.807) is 12.1 Å². The average molecular weight is 290 g/mol. The Labute approximate surface area is 123 Å². The van der Waals surface area contributed by atoms with Crippen LogP contribution in [0.25, 0.3) is 0 Å². The molecule has 20 heavy (non-hydrogen) atoms. The van der Waals surface area contributed by atoms with E-state index >= 15 is 0 Å². The number of hydrogen-bond acceptors (Lipinski definition) is 2. The first kappa shape index (κ1) is 14.4. The topological polar surface area (TPSA) is 49.3 Å². The third-order valence-electron chi connectivity index (χ3n) is 3.02. The van der Waals surface area contributed by atoms with Gasteiger partial charge >= 0.3 is 5.97 Å². The average Bonchev–Trinajstić information content (AvgIpc) is 2.40. The molecule has 0 bridgehead atoms. The van der Waals surface area contributed by atoms with Crippen molar-refractivity contribution in [3.05, 3.63) is 64.7 Å². The molecule has 2 aromatic rings. The van der Waals surface area contributed by atoms with Crippen LogP contribution >= 0.6 is 11.6 Å². The van der Waals surface area contributed by atoms with Crippen molar-refractivity contribution < 1.29 is 9.90 Å². The Balaban J connectivity index is 2.23. The SMILES string of the molecule is Cc1ccc(NC(CC(=O)O)c2cccc(Cl)c2)cc1. The van der Waals surface area contributed by atoms with Crippen molar-refractivity contribution in [1.82, 2.24) is 0 Å². The summed E-state index contributed by atoms with van der Waals surface area (Å²) in [4.78, 5) is 11.0. The van der Waals surface area contributed by atoms with Crippen LogP contribution in [-0.4, -0.2) is 11.1 Å². The molecule has 0 aromatic heterocycles. The van der Waals surface area contributed by atoms with Gasteiger partial charge in [0.05, 0.1) is 12.5 Å². The molecule has 3 nitrogen and oxygen atoms in total. The predicted octanol–water partition coefficient (Wildman–Crippen LogP) is 4.28. The number of anilines is 1. The molecule has 1 atom stereocenters. The summed E-state index contributed by atoms with van der Waals surface area (Å²) in [5.74, 6) is -0.852. The van der Waals surface area contributed by atoms with Gasteiger partial charge in [-0.1, -0.05) is 41.4 Å². The Morgan fingerprint density at radius 3 is 2.55 bits per heavy atom. The minimum absolute atomic E-state index is 0.00574. The molecule has 0 aliphatic carbocycles. The van der Waals surface area contributed by atoms with Crippen LogP contribution in [0.15, 0.2) is 48.5 Å². The number of carboxylic acids is 1. The molecule has 4 heteroatoms. The van der Waals surface area contributed by atoms with Crippen LogP contribution in [0.1, 0.15) is 23.6 Å². The lowest BCUT2D eigenvalue weighted by Gasteiger charge is -2.19. The number of aryl methyl sites for hydroxylation is 1. The zero-order valence-electron chi connectivity index (χ0n) is 11.1. The molecule has 0 spiro atoms. The summed E-state index contributed by atoms with van der Waals surface area (Å²) in [7, 11) is 0. The minimum atomic E-state index is -0.852. The number of halogens is 1. The Morgan fingerprint density at radius 2 is 1.95 bits per heavy atom. The van der Waals surface area contributed by atoms with Crippen molar-refractivity contribution in [3.8, 4) is 0 Å². The van der Waals surface area contributed by atoms with E-state index in [-0.39, 0.29) is 12.5 Å². The Kier molecular flexibility index (Phi) is 4.64. The summed E-state index contributed by atoms with van der Waals surface area (Å²) in [6.45, 7) is 2.01. The summed E-state index contributed by atoms with van der Waals surface area (Å²) in [6.07, 6.45) is -0.00574. The van der Waals surface area contributed by atoms with Gasteiger partial charge in [-0.25, -0.2) is 0 Å². The third kappa shape index (κ3) is 4.00. The van der Waals surface area contributed by atoms with Crippen molar-refractivity contribution in [2.45, 2.75) is 19.4 Å². The van der Waals surface area contributed by atoms with Crippen LogP contribution in [0, 0.1) is 6.92 Å². The first-order chi connectivity index (χ1) is 9.54. The van der Waals surface area contributed by atoms with E-state index in [0.29, 0.717) is 5.02 Å². The lowest BCUT2D eigenvalue weighted by Crippen LogP contribution is -2.15. The molecule has 0 aliphatic heterocycles. The van der Waals surface area contributed by atoms with Gasteiger partial charge in [-0.2, -0.15) is 0 Å². The molecule has 0 aliphatic rings. The third-order valence-corrected chi connectivity index (χ3v) is 3.26. The van der Waals surface area contributed by atoms with E-state index in [2.05, 4.69) is 5.32 Å². The van der Waals surface area contributed by atoms with Crippen LogP contribution in [0.2, 0.25) is 5.02 Å². The summed E-state index contributed by atoms with van der Waals surface area (Å²) >= 11 is 5.97. The van der Waals surface area contributed by atoms with Crippen molar-refractivity contribution in [2.75, 3.05) is 5.32 Å². The molecule has 2 N–H and O–H groups in total. The van der Waals surface area contributed by atoms with E-state index in [4.69, 9.17) is 16.7 Å². The van der Waals surface area contributed by atoms with Crippen molar-refractivity contribution in [3.63, 3.8) is 0 Å². The normalized spacial score (nSPS) is 11.9. The van der Waals surface area contributed by atoms with Crippen molar-refractivity contribution in [1.29, 1.82) is 0 Å². The van der Waals surface area contributed by atoms with Crippen LogP contribution < -0.4 is 5.32 Å². The first-order valence-corrected chi connectivity index (χ1v) is 6.73. The molecular formula is C16H16ClNO2. The Hall–Kier alpha value is -2.00. The van der Waals surface area contributed by atoms with Gasteiger partial charge in [0, 0.05) is 10.7 Å². The highest BCUT2D eigenvalue weighted by Gasteiger charge is 2.15. The molecular weight excluding hydrogens is 274 g/mol. The number of aliphatic carboxylic acids is 1. The lowest BCUT2D eigenvalue weighted by molar-refractivity contribution is -0.137. The maximum Gasteiger partial charge on any atom is 0.305 e. The summed E-state index contributed by atoms with van der Waals surface area (Å²) < 4.78 is 0. The molecule has 0 saturated carbocycles. The standard InChI is InChI=1S/C16H16ClNO2/c1-11-5-7-14(8-6-11)18-15(10-16(19)20)12-3-2-4-13(17)9-12/h2-9,15,18H,10H2,1H3,(H,19,20). The Morgan fingerprint density at radius 1 is 1.25 bits per heavy atom. The highest BCUT2D eigenvalue weighted by Crippen LogP contribution is 2.25. The zero-order chi connectivity index (χ0) is 14.5. The maximum absolute atomic E-state index is 11.0. The predicted molar refractivity (Wildman–Crippen MR) is 81.2 cm³/mol. The number of carboxylic acid groups (broad SMARTS) is 1. The maximum atomic E-state index is 11.0. The largest absolute Gasteiger partial charge is 0.481 e. The number of benzene rings is 2. The van der Waals surface area contributed by atoms with E-state index in [1.807, 2.05) is 43.3 Å². The van der Waals surface area contributed by atoms with Gasteiger partial charge in [-0.3, -0.25) is 4.79 Å². The fraction of sp³-hybridized carbons (Fsp3) is 0.188. The fourth-order valence-electron chi connectivity index (χ4n) is 2.00. The molecule has 0 amide bonds. The van der Waals surface area contributed by atoms with Crippen LogP contribution in [-0.2, 0) is 4.79 Å². The number of carbonyl (C=O) groups is 1. The zero-order valence-corrected chi connectivity index (χ0v) is 11.9. The van der Waals surface area contributed by atoms with Gasteiger partial charge in [-0.05, 0) is 36.8 Å². The van der Waals surface area contributed by atoms with Crippen LogP contribution in [0.3, 0.4) is 0 Å². The number of rotatable bonds is 5. The summed E-state index contributed by atoms with van der Waals surface area (Å²) in [6, 6.07) is 14.8. The van der Waals surface area contributed by atoms with E-state index in [1.165, 1.54) is 0 Å². The molecule has 2 rings (SSSR count). The molecule has 0 fully saturated rings. The molecule has 0 heterocycles. The molecule has 1 unspecified atom stereocenters. The fourth-order valence-corrected chi connectivity index (χ4v) is 2.20. The van der Waals surface area contributed by atoms with Gasteiger partial charge in [-0.15, -0.1) is 0 Å². The van der Waals surface area contributed by atoms with Crippen LogP contribution in [0.5, 0.6) is 0 Å². The van der Waals surface area contributed by atoms with Gasteiger partial charge in [0.1, 0.15) is 0 Å². The highest BCUT2D eigenvalue weighted by atomic mass is 35.5. The van der Waals surface area contributed by atoms with Gasteiger partial charge in [0.2, 0.25) is 0 Å². The minimum Gasteiger partial charge on any atom is -0.481 e. The second kappa shape index (κ2) is 6.44. The number of nitrogens with one attached hydrogen (secondary N) is 1. The lowest BCUT2D eigenvalue weighted by atomic mass is 10.0.